The van der Waals surface area contributed by atoms with Gasteiger partial charge in [0.2, 0.25) is 5.91 Å². The van der Waals surface area contributed by atoms with E-state index in [0.717, 1.165) is 18.4 Å². The van der Waals surface area contributed by atoms with Crippen LogP contribution in [0.25, 0.3) is 6.08 Å². The highest BCUT2D eigenvalue weighted by Gasteiger charge is 2.23. The lowest BCUT2D eigenvalue weighted by molar-refractivity contribution is -0.125. The standard InChI is InChI=1S/C22H23FN2O3/c1-25(14-15-28-20-5-3-2-4-19(20)23)21(26)13-8-16-6-9-17(10-7-16)22(27)24-18-11-12-18/h2-10,13,18H,11-12,14-15H2,1H3,(H,24,27)/b13-8+. The number of halogens is 1. The summed E-state index contributed by atoms with van der Waals surface area (Å²) in [5.41, 5.74) is 1.44. The topological polar surface area (TPSA) is 58.6 Å². The minimum absolute atomic E-state index is 0.0660. The van der Waals surface area contributed by atoms with Gasteiger partial charge in [-0.2, -0.15) is 0 Å². The van der Waals surface area contributed by atoms with E-state index in [4.69, 9.17) is 4.74 Å². The van der Waals surface area contributed by atoms with Crippen molar-refractivity contribution < 1.29 is 18.7 Å². The summed E-state index contributed by atoms with van der Waals surface area (Å²) in [4.78, 5) is 25.6. The Kier molecular flexibility index (Phi) is 6.42. The molecular weight excluding hydrogens is 359 g/mol. The zero-order valence-corrected chi connectivity index (χ0v) is 15.7. The van der Waals surface area contributed by atoms with Gasteiger partial charge in [-0.3, -0.25) is 9.59 Å². The second-order valence-corrected chi connectivity index (χ2v) is 6.74. The van der Waals surface area contributed by atoms with Crippen LogP contribution in [-0.2, 0) is 4.79 Å². The summed E-state index contributed by atoms with van der Waals surface area (Å²) in [6, 6.07) is 13.6. The van der Waals surface area contributed by atoms with E-state index in [1.807, 2.05) is 0 Å². The van der Waals surface area contributed by atoms with Crippen LogP contribution in [0.1, 0.15) is 28.8 Å². The molecule has 0 spiro atoms. The van der Waals surface area contributed by atoms with Crippen molar-refractivity contribution in [1.82, 2.24) is 10.2 Å². The molecule has 5 nitrogen and oxygen atoms in total. The summed E-state index contributed by atoms with van der Waals surface area (Å²) in [5.74, 6) is -0.508. The Morgan fingerprint density at radius 2 is 1.89 bits per heavy atom. The highest BCUT2D eigenvalue weighted by atomic mass is 19.1. The fourth-order valence-corrected chi connectivity index (χ4v) is 2.50. The van der Waals surface area contributed by atoms with E-state index >= 15 is 0 Å². The smallest absolute Gasteiger partial charge is 0.251 e. The lowest BCUT2D eigenvalue weighted by Crippen LogP contribution is -2.29. The molecular formula is C22H23FN2O3. The van der Waals surface area contributed by atoms with E-state index in [9.17, 15) is 14.0 Å². The van der Waals surface area contributed by atoms with Crippen LogP contribution in [0.5, 0.6) is 5.75 Å². The Balaban J connectivity index is 1.45. The number of rotatable bonds is 8. The third-order valence-corrected chi connectivity index (χ3v) is 4.40. The van der Waals surface area contributed by atoms with Gasteiger partial charge in [0.1, 0.15) is 6.61 Å². The molecule has 0 heterocycles. The van der Waals surface area contributed by atoms with Gasteiger partial charge in [0.15, 0.2) is 11.6 Å². The van der Waals surface area contributed by atoms with Crippen molar-refractivity contribution in [2.45, 2.75) is 18.9 Å². The number of likely N-dealkylation sites (N-methyl/N-ethyl adjacent to an activating group) is 1. The molecule has 0 radical (unpaired) electrons. The lowest BCUT2D eigenvalue weighted by atomic mass is 10.1. The molecule has 1 N–H and O–H groups in total. The van der Waals surface area contributed by atoms with E-state index in [1.165, 1.54) is 17.0 Å². The Hall–Kier alpha value is -3.15. The molecule has 1 aliphatic carbocycles. The minimum Gasteiger partial charge on any atom is -0.489 e. The molecule has 0 bridgehead atoms. The highest BCUT2D eigenvalue weighted by Crippen LogP contribution is 2.19. The Morgan fingerprint density at radius 3 is 2.57 bits per heavy atom. The number of nitrogens with zero attached hydrogens (tertiary/aromatic N) is 1. The van der Waals surface area contributed by atoms with Crippen LogP contribution in [0.15, 0.2) is 54.6 Å². The molecule has 1 aliphatic rings. The first-order valence-electron chi connectivity index (χ1n) is 9.24. The molecule has 0 saturated heterocycles. The molecule has 1 fully saturated rings. The van der Waals surface area contributed by atoms with Crippen molar-refractivity contribution in [2.24, 2.45) is 0 Å². The van der Waals surface area contributed by atoms with Gasteiger partial charge < -0.3 is 15.0 Å². The van der Waals surface area contributed by atoms with Crippen LogP contribution >= 0.6 is 0 Å². The predicted octanol–water partition coefficient (Wildman–Crippen LogP) is 3.27. The SMILES string of the molecule is CN(CCOc1ccccc1F)C(=O)/C=C/c1ccc(C(=O)NC2CC2)cc1. The lowest BCUT2D eigenvalue weighted by Gasteiger charge is -2.15. The molecule has 2 amide bonds. The largest absolute Gasteiger partial charge is 0.489 e. The van der Waals surface area contributed by atoms with Gasteiger partial charge >= 0.3 is 0 Å². The average molecular weight is 382 g/mol. The maximum atomic E-state index is 13.5. The maximum Gasteiger partial charge on any atom is 0.251 e. The second kappa shape index (κ2) is 9.17. The van der Waals surface area contributed by atoms with Crippen LogP contribution < -0.4 is 10.1 Å². The molecule has 28 heavy (non-hydrogen) atoms. The number of hydrogen-bond donors (Lipinski definition) is 1. The second-order valence-electron chi connectivity index (χ2n) is 6.74. The molecule has 1 saturated carbocycles. The van der Waals surface area contributed by atoms with E-state index in [1.54, 1.807) is 55.6 Å². The van der Waals surface area contributed by atoms with Gasteiger partial charge in [-0.25, -0.2) is 4.39 Å². The van der Waals surface area contributed by atoms with Crippen molar-refractivity contribution in [3.63, 3.8) is 0 Å². The first-order valence-corrected chi connectivity index (χ1v) is 9.24. The quantitative estimate of drug-likeness (QED) is 0.713. The van der Waals surface area contributed by atoms with Crippen LogP contribution in [0, 0.1) is 5.82 Å². The normalized spacial score (nSPS) is 13.4. The molecule has 0 atom stereocenters. The molecule has 3 rings (SSSR count). The molecule has 2 aromatic carbocycles. The summed E-state index contributed by atoms with van der Waals surface area (Å²) in [5, 5.41) is 2.94. The van der Waals surface area contributed by atoms with Crippen molar-refractivity contribution in [1.29, 1.82) is 0 Å². The Bertz CT molecular complexity index is 860. The molecule has 0 unspecified atom stereocenters. The molecule has 146 valence electrons. The molecule has 6 heteroatoms. The third kappa shape index (κ3) is 5.67. The van der Waals surface area contributed by atoms with Crippen LogP contribution in [-0.4, -0.2) is 43.0 Å². The van der Waals surface area contributed by atoms with Crippen molar-refractivity contribution in [3.05, 3.63) is 71.6 Å². The molecule has 0 aliphatic heterocycles. The van der Waals surface area contributed by atoms with Gasteiger partial charge in [0.05, 0.1) is 6.54 Å². The fourth-order valence-electron chi connectivity index (χ4n) is 2.50. The van der Waals surface area contributed by atoms with Gasteiger partial charge in [0.25, 0.3) is 5.91 Å². The summed E-state index contributed by atoms with van der Waals surface area (Å²) in [6.07, 6.45) is 5.25. The summed E-state index contributed by atoms with van der Waals surface area (Å²) in [7, 11) is 1.66. The highest BCUT2D eigenvalue weighted by molar-refractivity contribution is 5.95. The molecule has 2 aromatic rings. The third-order valence-electron chi connectivity index (χ3n) is 4.40. The van der Waals surface area contributed by atoms with Gasteiger partial charge in [-0.05, 0) is 48.7 Å². The number of amides is 2. The van der Waals surface area contributed by atoms with Crippen molar-refractivity contribution >= 4 is 17.9 Å². The summed E-state index contributed by atoms with van der Waals surface area (Å²) >= 11 is 0. The van der Waals surface area contributed by atoms with Crippen LogP contribution in [0.3, 0.4) is 0 Å². The number of para-hydroxylation sites is 1. The number of carbonyl (C=O) groups is 2. The van der Waals surface area contributed by atoms with Crippen molar-refractivity contribution in [3.8, 4) is 5.75 Å². The van der Waals surface area contributed by atoms with E-state index in [-0.39, 0.29) is 24.2 Å². The summed E-state index contributed by atoms with van der Waals surface area (Å²) < 4.78 is 18.8. The van der Waals surface area contributed by atoms with Gasteiger partial charge in [-0.1, -0.05) is 24.3 Å². The number of carbonyl (C=O) groups excluding carboxylic acids is 2. The van der Waals surface area contributed by atoms with Gasteiger partial charge in [0, 0.05) is 24.7 Å². The number of nitrogens with one attached hydrogen (secondary N) is 1. The minimum atomic E-state index is -0.425. The summed E-state index contributed by atoms with van der Waals surface area (Å²) in [6.45, 7) is 0.527. The first kappa shape index (κ1) is 19.6. The monoisotopic (exact) mass is 382 g/mol. The number of benzene rings is 2. The van der Waals surface area contributed by atoms with Crippen LogP contribution in [0.2, 0.25) is 0 Å². The van der Waals surface area contributed by atoms with Gasteiger partial charge in [-0.15, -0.1) is 0 Å². The average Bonchev–Trinajstić information content (AvgIpc) is 3.51. The zero-order chi connectivity index (χ0) is 19.9. The zero-order valence-electron chi connectivity index (χ0n) is 15.7. The Morgan fingerprint density at radius 1 is 1.18 bits per heavy atom. The van der Waals surface area contributed by atoms with Crippen molar-refractivity contribution in [2.75, 3.05) is 20.2 Å². The van der Waals surface area contributed by atoms with E-state index in [2.05, 4.69) is 5.32 Å². The van der Waals surface area contributed by atoms with Crippen LogP contribution in [0.4, 0.5) is 4.39 Å². The fraction of sp³-hybridized carbons (Fsp3) is 0.273. The van der Waals surface area contributed by atoms with E-state index in [0.29, 0.717) is 18.2 Å². The molecule has 0 aromatic heterocycles. The maximum absolute atomic E-state index is 13.5. The number of hydrogen-bond acceptors (Lipinski definition) is 3. The van der Waals surface area contributed by atoms with E-state index < -0.39 is 5.82 Å². The number of ether oxygens (including phenoxy) is 1. The predicted molar refractivity (Wildman–Crippen MR) is 105 cm³/mol. The first-order chi connectivity index (χ1) is 13.5. The Labute approximate surface area is 163 Å².